The number of nitrogens with one attached hydrogen (secondary N) is 1. The zero-order valence-electron chi connectivity index (χ0n) is 17.0. The van der Waals surface area contributed by atoms with Crippen molar-refractivity contribution in [3.63, 3.8) is 0 Å². The van der Waals surface area contributed by atoms with Gasteiger partial charge in [0.1, 0.15) is 22.3 Å². The zero-order chi connectivity index (χ0) is 20.8. The second-order valence-corrected chi connectivity index (χ2v) is 9.12. The Kier molecular flexibility index (Phi) is 4.44. The predicted octanol–water partition coefficient (Wildman–Crippen LogP) is 4.30. The molecule has 0 saturated carbocycles. The number of H-pyrrole nitrogens is 1. The van der Waals surface area contributed by atoms with E-state index in [1.165, 1.54) is 16.0 Å². The highest BCUT2D eigenvalue weighted by atomic mass is 32.1. The van der Waals surface area contributed by atoms with Gasteiger partial charge in [-0.3, -0.25) is 4.90 Å². The first-order chi connectivity index (χ1) is 15.2. The standard InChI is InChI=1S/C24H22N6S/c25-23-22-16-10-11-30(13-15-6-2-1-3-7-15)14-19(16)31-24(22)29-21(28-23)12-20-26-17-8-4-5-9-18(17)27-20/h1-9H,10-14H2,(H,26,27)(H2,25,28,29). The lowest BCUT2D eigenvalue weighted by Crippen LogP contribution is -2.29. The number of nitrogens with two attached hydrogens (primary N) is 1. The largest absolute Gasteiger partial charge is 0.383 e. The van der Waals surface area contributed by atoms with Crippen LogP contribution in [0.25, 0.3) is 21.3 Å². The Balaban J connectivity index is 1.29. The Morgan fingerprint density at radius 3 is 2.71 bits per heavy atom. The fraction of sp³-hybridized carbons (Fsp3) is 0.208. The smallest absolute Gasteiger partial charge is 0.139 e. The van der Waals surface area contributed by atoms with Crippen LogP contribution in [-0.2, 0) is 25.9 Å². The monoisotopic (exact) mass is 426 g/mol. The van der Waals surface area contributed by atoms with Crippen LogP contribution < -0.4 is 5.73 Å². The number of benzene rings is 2. The molecule has 0 saturated heterocycles. The molecule has 154 valence electrons. The maximum absolute atomic E-state index is 6.42. The van der Waals surface area contributed by atoms with Crippen LogP contribution in [0, 0.1) is 0 Å². The van der Waals surface area contributed by atoms with E-state index in [-0.39, 0.29) is 0 Å². The molecule has 0 radical (unpaired) electrons. The van der Waals surface area contributed by atoms with Gasteiger partial charge in [0.05, 0.1) is 22.8 Å². The molecule has 0 aliphatic carbocycles. The third-order valence-corrected chi connectivity index (χ3v) is 6.98. The van der Waals surface area contributed by atoms with Gasteiger partial charge in [0.25, 0.3) is 0 Å². The summed E-state index contributed by atoms with van der Waals surface area (Å²) in [5.74, 6) is 2.16. The Hall–Kier alpha value is -3.29. The maximum atomic E-state index is 6.42. The molecule has 3 aromatic heterocycles. The number of fused-ring (bicyclic) bond motifs is 4. The second-order valence-electron chi connectivity index (χ2n) is 8.03. The van der Waals surface area contributed by atoms with Crippen molar-refractivity contribution < 1.29 is 0 Å². The SMILES string of the molecule is Nc1nc(Cc2nc3ccccc3[nH]2)nc2sc3c(c12)CCN(Cc1ccccc1)C3. The molecule has 0 unspecified atom stereocenters. The number of aromatic nitrogens is 4. The summed E-state index contributed by atoms with van der Waals surface area (Å²) in [6, 6.07) is 18.7. The third kappa shape index (κ3) is 3.45. The lowest BCUT2D eigenvalue weighted by Gasteiger charge is -2.26. The molecule has 1 aliphatic rings. The number of nitrogen functional groups attached to an aromatic ring is 1. The van der Waals surface area contributed by atoms with Crippen LogP contribution in [0.2, 0.25) is 0 Å². The second kappa shape index (κ2) is 7.44. The van der Waals surface area contributed by atoms with Crippen molar-refractivity contribution in [3.05, 3.63) is 82.3 Å². The zero-order valence-corrected chi connectivity index (χ0v) is 17.8. The molecule has 0 spiro atoms. The fourth-order valence-electron chi connectivity index (χ4n) is 4.42. The molecule has 2 aromatic carbocycles. The van der Waals surface area contributed by atoms with E-state index in [9.17, 15) is 0 Å². The van der Waals surface area contributed by atoms with Gasteiger partial charge in [-0.05, 0) is 29.7 Å². The number of anilines is 1. The summed E-state index contributed by atoms with van der Waals surface area (Å²) in [5, 5.41) is 1.05. The molecule has 31 heavy (non-hydrogen) atoms. The molecule has 6 rings (SSSR count). The van der Waals surface area contributed by atoms with Crippen molar-refractivity contribution >= 4 is 38.4 Å². The topological polar surface area (TPSA) is 83.7 Å². The molecule has 0 amide bonds. The molecule has 0 atom stereocenters. The minimum atomic E-state index is 0.539. The van der Waals surface area contributed by atoms with Gasteiger partial charge in [-0.15, -0.1) is 11.3 Å². The van der Waals surface area contributed by atoms with E-state index in [2.05, 4.69) is 50.2 Å². The molecule has 1 aliphatic heterocycles. The summed E-state index contributed by atoms with van der Waals surface area (Å²) in [4.78, 5) is 22.3. The Morgan fingerprint density at radius 1 is 1.00 bits per heavy atom. The average molecular weight is 427 g/mol. The van der Waals surface area contributed by atoms with Crippen molar-refractivity contribution in [3.8, 4) is 0 Å². The maximum Gasteiger partial charge on any atom is 0.139 e. The number of thiophene rings is 1. The summed E-state index contributed by atoms with van der Waals surface area (Å²) in [5.41, 5.74) is 11.1. The number of rotatable bonds is 4. The molecule has 0 bridgehead atoms. The van der Waals surface area contributed by atoms with Gasteiger partial charge in [-0.1, -0.05) is 42.5 Å². The van der Waals surface area contributed by atoms with Gasteiger partial charge >= 0.3 is 0 Å². The average Bonchev–Trinajstić information content (AvgIpc) is 3.34. The van der Waals surface area contributed by atoms with E-state index in [4.69, 9.17) is 10.7 Å². The highest BCUT2D eigenvalue weighted by molar-refractivity contribution is 7.19. The molecule has 4 heterocycles. The van der Waals surface area contributed by atoms with E-state index in [0.717, 1.165) is 53.1 Å². The summed E-state index contributed by atoms with van der Waals surface area (Å²) < 4.78 is 0. The summed E-state index contributed by atoms with van der Waals surface area (Å²) in [7, 11) is 0. The molecular formula is C24H22N6S. The van der Waals surface area contributed by atoms with E-state index in [1.54, 1.807) is 11.3 Å². The van der Waals surface area contributed by atoms with Crippen molar-refractivity contribution in [1.29, 1.82) is 0 Å². The third-order valence-electron chi connectivity index (χ3n) is 5.87. The number of imidazole rings is 1. The number of aromatic amines is 1. The van der Waals surface area contributed by atoms with E-state index >= 15 is 0 Å². The van der Waals surface area contributed by atoms with E-state index in [1.807, 2.05) is 24.3 Å². The van der Waals surface area contributed by atoms with Crippen molar-refractivity contribution in [2.45, 2.75) is 25.9 Å². The van der Waals surface area contributed by atoms with Crippen molar-refractivity contribution in [2.75, 3.05) is 12.3 Å². The van der Waals surface area contributed by atoms with Crippen LogP contribution in [0.4, 0.5) is 5.82 Å². The molecule has 6 nitrogen and oxygen atoms in total. The summed E-state index contributed by atoms with van der Waals surface area (Å²) in [6.45, 7) is 2.92. The highest BCUT2D eigenvalue weighted by Crippen LogP contribution is 2.37. The van der Waals surface area contributed by atoms with Crippen LogP contribution in [0.1, 0.15) is 27.7 Å². The molecule has 0 fully saturated rings. The first kappa shape index (κ1) is 18.5. The van der Waals surface area contributed by atoms with Gasteiger partial charge in [0.15, 0.2) is 0 Å². The van der Waals surface area contributed by atoms with Gasteiger partial charge in [0, 0.05) is 24.5 Å². The summed E-state index contributed by atoms with van der Waals surface area (Å²) in [6.07, 6.45) is 1.52. The van der Waals surface area contributed by atoms with E-state index < -0.39 is 0 Å². The minimum Gasteiger partial charge on any atom is -0.383 e. The number of para-hydroxylation sites is 2. The highest BCUT2D eigenvalue weighted by Gasteiger charge is 2.24. The number of hydrogen-bond acceptors (Lipinski definition) is 6. The first-order valence-corrected chi connectivity index (χ1v) is 11.3. The molecular weight excluding hydrogens is 404 g/mol. The minimum absolute atomic E-state index is 0.539. The van der Waals surface area contributed by atoms with Crippen LogP contribution in [0.15, 0.2) is 54.6 Å². The van der Waals surface area contributed by atoms with Gasteiger partial charge in [-0.25, -0.2) is 15.0 Å². The lowest BCUT2D eigenvalue weighted by molar-refractivity contribution is 0.249. The van der Waals surface area contributed by atoms with Gasteiger partial charge < -0.3 is 10.7 Å². The fourth-order valence-corrected chi connectivity index (χ4v) is 5.71. The van der Waals surface area contributed by atoms with Gasteiger partial charge in [0.2, 0.25) is 0 Å². The molecule has 7 heteroatoms. The van der Waals surface area contributed by atoms with Crippen molar-refractivity contribution in [1.82, 2.24) is 24.8 Å². The predicted molar refractivity (Wildman–Crippen MR) is 125 cm³/mol. The lowest BCUT2D eigenvalue weighted by atomic mass is 10.0. The van der Waals surface area contributed by atoms with Crippen LogP contribution in [0.5, 0.6) is 0 Å². The molecule has 5 aromatic rings. The normalized spacial score (nSPS) is 14.3. The Labute approximate surface area is 183 Å². The number of hydrogen-bond donors (Lipinski definition) is 2. The summed E-state index contributed by atoms with van der Waals surface area (Å²) >= 11 is 1.75. The Morgan fingerprint density at radius 2 is 1.84 bits per heavy atom. The van der Waals surface area contributed by atoms with Crippen LogP contribution >= 0.6 is 11.3 Å². The van der Waals surface area contributed by atoms with E-state index in [0.29, 0.717) is 18.1 Å². The van der Waals surface area contributed by atoms with Crippen LogP contribution in [-0.4, -0.2) is 31.4 Å². The van der Waals surface area contributed by atoms with Gasteiger partial charge in [-0.2, -0.15) is 0 Å². The number of nitrogens with zero attached hydrogens (tertiary/aromatic N) is 4. The quantitative estimate of drug-likeness (QED) is 0.448. The Bertz CT molecular complexity index is 1350. The molecule has 3 N–H and O–H groups in total. The van der Waals surface area contributed by atoms with Crippen LogP contribution in [0.3, 0.4) is 0 Å². The van der Waals surface area contributed by atoms with Crippen molar-refractivity contribution in [2.24, 2.45) is 0 Å². The first-order valence-electron chi connectivity index (χ1n) is 10.5.